The SMILES string of the molecule is CCCCC(CC)(OOCC(C)CC(C)(C)C)C(=O)O. The first-order chi connectivity index (χ1) is 9.17. The standard InChI is InChI=1S/C16H32O4/c1-7-9-10-16(8-2,14(17)18)20-19-12-13(3)11-15(4,5)6/h13H,7-12H2,1-6H3,(H,17,18). The summed E-state index contributed by atoms with van der Waals surface area (Å²) in [6.07, 6.45) is 3.68. The van der Waals surface area contributed by atoms with Crippen molar-refractivity contribution in [2.75, 3.05) is 6.61 Å². The molecule has 0 aromatic carbocycles. The molecule has 0 fully saturated rings. The lowest BCUT2D eigenvalue weighted by molar-refractivity contribution is -0.361. The lowest BCUT2D eigenvalue weighted by Gasteiger charge is -2.28. The molecule has 0 aliphatic rings. The molecule has 0 bridgehead atoms. The van der Waals surface area contributed by atoms with E-state index in [2.05, 4.69) is 27.7 Å². The Morgan fingerprint density at radius 2 is 1.85 bits per heavy atom. The maximum absolute atomic E-state index is 11.5. The quantitative estimate of drug-likeness (QED) is 0.477. The third kappa shape index (κ3) is 7.25. The molecule has 120 valence electrons. The van der Waals surface area contributed by atoms with Crippen molar-refractivity contribution in [3.63, 3.8) is 0 Å². The first-order valence-electron chi connectivity index (χ1n) is 7.71. The van der Waals surface area contributed by atoms with Gasteiger partial charge in [-0.25, -0.2) is 14.6 Å². The van der Waals surface area contributed by atoms with Gasteiger partial charge in [0.1, 0.15) is 0 Å². The molecule has 0 aliphatic heterocycles. The fraction of sp³-hybridized carbons (Fsp3) is 0.938. The third-order valence-electron chi connectivity index (χ3n) is 3.43. The first-order valence-corrected chi connectivity index (χ1v) is 7.71. The van der Waals surface area contributed by atoms with Gasteiger partial charge < -0.3 is 5.11 Å². The summed E-state index contributed by atoms with van der Waals surface area (Å²) < 4.78 is 0. The van der Waals surface area contributed by atoms with Crippen LogP contribution in [0.3, 0.4) is 0 Å². The van der Waals surface area contributed by atoms with Crippen LogP contribution in [0.2, 0.25) is 0 Å². The zero-order valence-electron chi connectivity index (χ0n) is 14.0. The molecule has 0 heterocycles. The van der Waals surface area contributed by atoms with Gasteiger partial charge in [0.05, 0.1) is 6.61 Å². The van der Waals surface area contributed by atoms with E-state index >= 15 is 0 Å². The molecule has 2 unspecified atom stereocenters. The number of aliphatic carboxylic acids is 1. The Kier molecular flexibility index (Phi) is 8.36. The van der Waals surface area contributed by atoms with Crippen LogP contribution in [-0.2, 0) is 14.6 Å². The van der Waals surface area contributed by atoms with Gasteiger partial charge in [-0.05, 0) is 30.6 Å². The van der Waals surface area contributed by atoms with Gasteiger partial charge in [-0.15, -0.1) is 0 Å². The highest BCUT2D eigenvalue weighted by Crippen LogP contribution is 2.27. The molecule has 0 aromatic heterocycles. The Balaban J connectivity index is 4.36. The van der Waals surface area contributed by atoms with Crippen molar-refractivity contribution < 1.29 is 19.7 Å². The number of carboxylic acid groups (broad SMARTS) is 1. The molecule has 0 spiro atoms. The normalized spacial score (nSPS) is 16.7. The highest BCUT2D eigenvalue weighted by atomic mass is 17.2. The van der Waals surface area contributed by atoms with Crippen molar-refractivity contribution >= 4 is 5.97 Å². The summed E-state index contributed by atoms with van der Waals surface area (Å²) in [5.74, 6) is -0.596. The second kappa shape index (κ2) is 8.63. The summed E-state index contributed by atoms with van der Waals surface area (Å²) in [5.41, 5.74) is -0.961. The summed E-state index contributed by atoms with van der Waals surface area (Å²) in [6.45, 7) is 12.9. The second-order valence-corrected chi connectivity index (χ2v) is 6.99. The lowest BCUT2D eigenvalue weighted by atomic mass is 9.86. The summed E-state index contributed by atoms with van der Waals surface area (Å²) in [7, 11) is 0. The maximum Gasteiger partial charge on any atom is 0.339 e. The van der Waals surface area contributed by atoms with E-state index in [0.717, 1.165) is 19.3 Å². The summed E-state index contributed by atoms with van der Waals surface area (Å²) in [4.78, 5) is 22.1. The summed E-state index contributed by atoms with van der Waals surface area (Å²) in [5, 5.41) is 9.40. The van der Waals surface area contributed by atoms with Crippen LogP contribution in [0.5, 0.6) is 0 Å². The van der Waals surface area contributed by atoms with E-state index in [-0.39, 0.29) is 5.41 Å². The summed E-state index contributed by atoms with van der Waals surface area (Å²) in [6, 6.07) is 0. The van der Waals surface area contributed by atoms with Crippen molar-refractivity contribution in [2.24, 2.45) is 11.3 Å². The fourth-order valence-electron chi connectivity index (χ4n) is 2.40. The van der Waals surface area contributed by atoms with Crippen LogP contribution < -0.4 is 0 Å². The van der Waals surface area contributed by atoms with Gasteiger partial charge in [-0.2, -0.15) is 0 Å². The van der Waals surface area contributed by atoms with E-state index in [1.165, 1.54) is 0 Å². The number of carboxylic acids is 1. The zero-order valence-corrected chi connectivity index (χ0v) is 14.0. The van der Waals surface area contributed by atoms with Gasteiger partial charge in [0.2, 0.25) is 0 Å². The summed E-state index contributed by atoms with van der Waals surface area (Å²) >= 11 is 0. The molecular formula is C16H32O4. The molecule has 0 aliphatic carbocycles. The fourth-order valence-corrected chi connectivity index (χ4v) is 2.40. The molecular weight excluding hydrogens is 256 g/mol. The van der Waals surface area contributed by atoms with Crippen LogP contribution in [0, 0.1) is 11.3 Å². The van der Waals surface area contributed by atoms with Gasteiger partial charge >= 0.3 is 5.97 Å². The van der Waals surface area contributed by atoms with E-state index in [1.54, 1.807) is 0 Å². The Labute approximate surface area is 123 Å². The van der Waals surface area contributed by atoms with Crippen molar-refractivity contribution in [3.8, 4) is 0 Å². The molecule has 0 rings (SSSR count). The molecule has 0 amide bonds. The zero-order chi connectivity index (χ0) is 15.8. The van der Waals surface area contributed by atoms with Crippen molar-refractivity contribution in [3.05, 3.63) is 0 Å². The van der Waals surface area contributed by atoms with Crippen LogP contribution >= 0.6 is 0 Å². The Morgan fingerprint density at radius 3 is 2.25 bits per heavy atom. The predicted molar refractivity (Wildman–Crippen MR) is 80.5 cm³/mol. The highest BCUT2D eigenvalue weighted by Gasteiger charge is 2.39. The molecule has 2 atom stereocenters. The van der Waals surface area contributed by atoms with Crippen LogP contribution in [-0.4, -0.2) is 23.3 Å². The molecule has 0 saturated carbocycles. The van der Waals surface area contributed by atoms with E-state index in [0.29, 0.717) is 25.4 Å². The number of hydrogen-bond acceptors (Lipinski definition) is 3. The number of unbranched alkanes of at least 4 members (excludes halogenated alkanes) is 1. The van der Waals surface area contributed by atoms with Gasteiger partial charge in [-0.3, -0.25) is 0 Å². The van der Waals surface area contributed by atoms with Gasteiger partial charge in [-0.1, -0.05) is 54.4 Å². The third-order valence-corrected chi connectivity index (χ3v) is 3.43. The minimum absolute atomic E-state index is 0.236. The molecule has 20 heavy (non-hydrogen) atoms. The van der Waals surface area contributed by atoms with E-state index in [4.69, 9.17) is 9.78 Å². The van der Waals surface area contributed by atoms with Crippen LogP contribution in [0.1, 0.15) is 73.6 Å². The van der Waals surface area contributed by atoms with Crippen molar-refractivity contribution in [2.45, 2.75) is 79.2 Å². The average molecular weight is 288 g/mol. The largest absolute Gasteiger partial charge is 0.479 e. The van der Waals surface area contributed by atoms with Crippen molar-refractivity contribution in [1.82, 2.24) is 0 Å². The van der Waals surface area contributed by atoms with Gasteiger partial charge in [0.15, 0.2) is 5.60 Å². The smallest absolute Gasteiger partial charge is 0.339 e. The second-order valence-electron chi connectivity index (χ2n) is 6.99. The highest BCUT2D eigenvalue weighted by molar-refractivity contribution is 5.77. The average Bonchev–Trinajstić information content (AvgIpc) is 2.31. The Hall–Kier alpha value is -0.610. The molecule has 4 nitrogen and oxygen atoms in total. The number of rotatable bonds is 10. The minimum Gasteiger partial charge on any atom is -0.479 e. The van der Waals surface area contributed by atoms with Crippen LogP contribution in [0.4, 0.5) is 0 Å². The van der Waals surface area contributed by atoms with Crippen molar-refractivity contribution in [1.29, 1.82) is 0 Å². The maximum atomic E-state index is 11.5. The van der Waals surface area contributed by atoms with Gasteiger partial charge in [0.25, 0.3) is 0 Å². The predicted octanol–water partition coefficient (Wildman–Crippen LogP) is 4.43. The lowest BCUT2D eigenvalue weighted by Crippen LogP contribution is -2.41. The minimum atomic E-state index is -1.20. The topological polar surface area (TPSA) is 55.8 Å². The molecule has 4 heteroatoms. The van der Waals surface area contributed by atoms with Crippen LogP contribution in [0.25, 0.3) is 0 Å². The monoisotopic (exact) mass is 288 g/mol. The first kappa shape index (κ1) is 19.4. The number of carbonyl (C=O) groups is 1. The van der Waals surface area contributed by atoms with Gasteiger partial charge in [0, 0.05) is 0 Å². The number of hydrogen-bond donors (Lipinski definition) is 1. The molecule has 0 aromatic rings. The van der Waals surface area contributed by atoms with E-state index < -0.39 is 11.6 Å². The molecule has 0 saturated heterocycles. The molecule has 1 N–H and O–H groups in total. The van der Waals surface area contributed by atoms with E-state index in [9.17, 15) is 9.90 Å². The Bertz CT molecular complexity index is 283. The Morgan fingerprint density at radius 1 is 1.25 bits per heavy atom. The van der Waals surface area contributed by atoms with E-state index in [1.807, 2.05) is 13.8 Å². The molecule has 0 radical (unpaired) electrons. The van der Waals surface area contributed by atoms with Crippen LogP contribution in [0.15, 0.2) is 0 Å².